The number of hydrogen-bond donors (Lipinski definition) is 0. The van der Waals surface area contributed by atoms with Crippen LogP contribution >= 0.6 is 11.8 Å². The molecule has 1 fully saturated rings. The van der Waals surface area contributed by atoms with Crippen LogP contribution in [0.4, 0.5) is 0 Å². The quantitative estimate of drug-likeness (QED) is 0.795. The Labute approximate surface area is 158 Å². The summed E-state index contributed by atoms with van der Waals surface area (Å²) in [6.45, 7) is 2.24. The van der Waals surface area contributed by atoms with Gasteiger partial charge in [-0.15, -0.1) is 0 Å². The number of ether oxygens (including phenoxy) is 2. The average molecular weight is 369 g/mol. The number of methoxy groups -OCH3 is 2. The van der Waals surface area contributed by atoms with E-state index in [1.165, 1.54) is 5.56 Å². The summed E-state index contributed by atoms with van der Waals surface area (Å²) >= 11 is 1.85. The van der Waals surface area contributed by atoms with E-state index in [4.69, 9.17) is 14.5 Å². The van der Waals surface area contributed by atoms with Gasteiger partial charge in [0, 0.05) is 18.0 Å². The number of aliphatic imine (C=N–C) groups is 1. The zero-order valence-corrected chi connectivity index (χ0v) is 16.1. The van der Waals surface area contributed by atoms with Crippen molar-refractivity contribution in [1.82, 2.24) is 9.88 Å². The minimum absolute atomic E-state index is 0.00819. The van der Waals surface area contributed by atoms with E-state index in [9.17, 15) is 0 Å². The predicted molar refractivity (Wildman–Crippen MR) is 105 cm³/mol. The van der Waals surface area contributed by atoms with Crippen LogP contribution in [0.25, 0.3) is 0 Å². The van der Waals surface area contributed by atoms with E-state index in [1.807, 2.05) is 36.2 Å². The largest absolute Gasteiger partial charge is 0.493 e. The smallest absolute Gasteiger partial charge is 0.161 e. The van der Waals surface area contributed by atoms with Crippen molar-refractivity contribution in [2.24, 2.45) is 4.99 Å². The highest BCUT2D eigenvalue weighted by Crippen LogP contribution is 2.49. The van der Waals surface area contributed by atoms with Crippen molar-refractivity contribution in [3.63, 3.8) is 0 Å². The lowest BCUT2D eigenvalue weighted by Crippen LogP contribution is -2.35. The summed E-state index contributed by atoms with van der Waals surface area (Å²) in [5, 5.41) is 1.13. The second-order valence-corrected chi connectivity index (χ2v) is 7.44. The molecule has 4 rings (SSSR count). The topological polar surface area (TPSA) is 47.0 Å². The second-order valence-electron chi connectivity index (χ2n) is 6.45. The number of thioether (sulfide) groups is 1. The van der Waals surface area contributed by atoms with Gasteiger partial charge in [-0.1, -0.05) is 30.8 Å². The van der Waals surface area contributed by atoms with Gasteiger partial charge in [0.2, 0.25) is 0 Å². The van der Waals surface area contributed by atoms with Crippen LogP contribution in [0.15, 0.2) is 47.6 Å². The fraction of sp³-hybridized carbons (Fsp3) is 0.400. The van der Waals surface area contributed by atoms with E-state index in [-0.39, 0.29) is 12.1 Å². The molecule has 5 nitrogen and oxygen atoms in total. The molecule has 0 amide bonds. The van der Waals surface area contributed by atoms with Gasteiger partial charge in [0.05, 0.1) is 26.0 Å². The molecule has 1 saturated heterocycles. The molecule has 6 heteroatoms. The van der Waals surface area contributed by atoms with Crippen LogP contribution < -0.4 is 9.47 Å². The molecular formula is C20H23N3O2S. The molecule has 3 heterocycles. The zero-order valence-electron chi connectivity index (χ0n) is 15.3. The third kappa shape index (κ3) is 2.82. The van der Waals surface area contributed by atoms with Crippen molar-refractivity contribution < 1.29 is 9.47 Å². The van der Waals surface area contributed by atoms with Crippen molar-refractivity contribution in [2.75, 3.05) is 20.0 Å². The molecule has 2 aliphatic heterocycles. The van der Waals surface area contributed by atoms with Gasteiger partial charge in [-0.05, 0) is 36.2 Å². The van der Waals surface area contributed by atoms with Gasteiger partial charge >= 0.3 is 0 Å². The highest BCUT2D eigenvalue weighted by molar-refractivity contribution is 8.14. The van der Waals surface area contributed by atoms with Crippen LogP contribution in [-0.2, 0) is 0 Å². The van der Waals surface area contributed by atoms with E-state index in [0.717, 1.165) is 34.5 Å². The first-order valence-corrected chi connectivity index (χ1v) is 9.87. The van der Waals surface area contributed by atoms with E-state index in [0.29, 0.717) is 6.04 Å². The number of pyridine rings is 1. The van der Waals surface area contributed by atoms with Gasteiger partial charge in [0.1, 0.15) is 6.04 Å². The van der Waals surface area contributed by atoms with Crippen LogP contribution in [0.2, 0.25) is 0 Å². The Hall–Kier alpha value is -2.21. The third-order valence-electron chi connectivity index (χ3n) is 5.08. The first kappa shape index (κ1) is 17.2. The maximum Gasteiger partial charge on any atom is 0.161 e. The summed E-state index contributed by atoms with van der Waals surface area (Å²) in [6, 6.07) is 12.8. The van der Waals surface area contributed by atoms with Gasteiger partial charge in [-0.3, -0.25) is 9.98 Å². The Morgan fingerprint density at radius 3 is 2.69 bits per heavy atom. The van der Waals surface area contributed by atoms with Crippen molar-refractivity contribution in [2.45, 2.75) is 31.5 Å². The summed E-state index contributed by atoms with van der Waals surface area (Å²) in [4.78, 5) is 12.1. The monoisotopic (exact) mass is 369 g/mol. The van der Waals surface area contributed by atoms with E-state index < -0.39 is 0 Å². The number of aromatic nitrogens is 1. The molecule has 26 heavy (non-hydrogen) atoms. The SMILES string of the molecule is CC[C@@H]1CSC2=N[C@@H](c3ccccn3)[C@@H](c3ccc(OC)c(OC)c3)N21. The maximum absolute atomic E-state index is 5.54. The molecule has 0 N–H and O–H groups in total. The molecule has 0 aliphatic carbocycles. The van der Waals surface area contributed by atoms with Crippen LogP contribution in [0, 0.1) is 0 Å². The minimum Gasteiger partial charge on any atom is -0.493 e. The zero-order chi connectivity index (χ0) is 18.1. The number of fused-ring (bicyclic) bond motifs is 1. The molecule has 1 aromatic heterocycles. The van der Waals surface area contributed by atoms with Gasteiger partial charge < -0.3 is 14.4 Å². The lowest BCUT2D eigenvalue weighted by Gasteiger charge is -2.32. The Morgan fingerprint density at radius 1 is 1.15 bits per heavy atom. The van der Waals surface area contributed by atoms with Crippen molar-refractivity contribution in [3.05, 3.63) is 53.9 Å². The molecular weight excluding hydrogens is 346 g/mol. The van der Waals surface area contributed by atoms with Gasteiger partial charge in [0.15, 0.2) is 16.7 Å². The number of benzene rings is 1. The van der Waals surface area contributed by atoms with E-state index in [2.05, 4.69) is 35.0 Å². The number of nitrogens with zero attached hydrogens (tertiary/aromatic N) is 3. The fourth-order valence-electron chi connectivity index (χ4n) is 3.75. The van der Waals surface area contributed by atoms with E-state index in [1.54, 1.807) is 14.2 Å². The minimum atomic E-state index is -0.00819. The lowest BCUT2D eigenvalue weighted by atomic mass is 9.95. The van der Waals surface area contributed by atoms with Crippen LogP contribution in [0.1, 0.15) is 36.7 Å². The molecule has 2 aliphatic rings. The Kier molecular flexibility index (Phi) is 4.76. The summed E-state index contributed by atoms with van der Waals surface area (Å²) < 4.78 is 11.0. The molecule has 0 bridgehead atoms. The molecule has 1 aromatic carbocycles. The van der Waals surface area contributed by atoms with Gasteiger partial charge in [-0.2, -0.15) is 0 Å². The summed E-state index contributed by atoms with van der Waals surface area (Å²) in [6.07, 6.45) is 2.94. The Morgan fingerprint density at radius 2 is 2.00 bits per heavy atom. The predicted octanol–water partition coefficient (Wildman–Crippen LogP) is 4.08. The molecule has 2 aromatic rings. The Bertz CT molecular complexity index is 812. The van der Waals surface area contributed by atoms with Gasteiger partial charge in [-0.25, -0.2) is 0 Å². The van der Waals surface area contributed by atoms with Crippen LogP contribution in [-0.4, -0.2) is 41.1 Å². The molecule has 136 valence electrons. The third-order valence-corrected chi connectivity index (χ3v) is 6.20. The summed E-state index contributed by atoms with van der Waals surface area (Å²) in [5.74, 6) is 2.58. The summed E-state index contributed by atoms with van der Waals surface area (Å²) in [7, 11) is 3.34. The molecule has 0 radical (unpaired) electrons. The first-order chi connectivity index (χ1) is 12.8. The standard InChI is InChI=1S/C20H23N3O2S/c1-4-14-12-26-20-22-18(15-7-5-6-10-21-15)19(23(14)20)13-8-9-16(24-2)17(11-13)25-3/h5-11,14,18-19H,4,12H2,1-3H3/t14-,18+,19-/m1/s1. The molecule has 0 saturated carbocycles. The molecule has 3 atom stereocenters. The van der Waals surface area contributed by atoms with Crippen molar-refractivity contribution >= 4 is 16.9 Å². The second kappa shape index (κ2) is 7.19. The first-order valence-electron chi connectivity index (χ1n) is 8.88. The van der Waals surface area contributed by atoms with Crippen LogP contribution in [0.5, 0.6) is 11.5 Å². The van der Waals surface area contributed by atoms with Crippen LogP contribution in [0.3, 0.4) is 0 Å². The van der Waals surface area contributed by atoms with Crippen molar-refractivity contribution in [3.8, 4) is 11.5 Å². The highest BCUT2D eigenvalue weighted by Gasteiger charge is 2.45. The number of amidine groups is 1. The van der Waals surface area contributed by atoms with Gasteiger partial charge in [0.25, 0.3) is 0 Å². The normalized spacial score (nSPS) is 24.3. The average Bonchev–Trinajstić information content (AvgIpc) is 3.27. The summed E-state index contributed by atoms with van der Waals surface area (Å²) in [5.41, 5.74) is 2.18. The molecule has 0 spiro atoms. The lowest BCUT2D eigenvalue weighted by molar-refractivity contribution is 0.254. The fourth-order valence-corrected chi connectivity index (χ4v) is 5.08. The highest BCUT2D eigenvalue weighted by atomic mass is 32.2. The number of rotatable bonds is 5. The Balaban J connectivity index is 1.79. The molecule has 0 unspecified atom stereocenters. The van der Waals surface area contributed by atoms with Crippen molar-refractivity contribution in [1.29, 1.82) is 0 Å². The number of hydrogen-bond acceptors (Lipinski definition) is 6. The van der Waals surface area contributed by atoms with E-state index >= 15 is 0 Å². The maximum atomic E-state index is 5.54.